The number of halogens is 2. The Morgan fingerprint density at radius 1 is 1.09 bits per heavy atom. The van der Waals surface area contributed by atoms with Gasteiger partial charge in [0.25, 0.3) is 0 Å². The van der Waals surface area contributed by atoms with Gasteiger partial charge in [-0.3, -0.25) is 0 Å². The molecule has 0 aliphatic carbocycles. The van der Waals surface area contributed by atoms with Gasteiger partial charge < -0.3 is 0 Å². The summed E-state index contributed by atoms with van der Waals surface area (Å²) in [5, 5.41) is 1.33. The van der Waals surface area contributed by atoms with Crippen molar-refractivity contribution in [2.75, 3.05) is 0 Å². The predicted molar refractivity (Wildman–Crippen MR) is 50.4 cm³/mol. The van der Waals surface area contributed by atoms with E-state index in [1.54, 1.807) is 0 Å². The zero-order chi connectivity index (χ0) is 8.59. The van der Waals surface area contributed by atoms with Crippen molar-refractivity contribution in [1.82, 2.24) is 0 Å². The third-order valence-corrected chi connectivity index (χ3v) is 2.71. The standard InChI is InChI=1S/C9H9Cl2/c1-5-4-6(2)9(11)7(3)8(5)10/h4H,3H2,1-2H3. The molecule has 0 aromatic heterocycles. The minimum absolute atomic E-state index is 0.667. The second kappa shape index (κ2) is 3.04. The average Bonchev–Trinajstić information content (AvgIpc) is 1.97. The molecule has 0 saturated heterocycles. The molecule has 0 fully saturated rings. The van der Waals surface area contributed by atoms with E-state index in [4.69, 9.17) is 23.2 Å². The largest absolute Gasteiger partial charge is 0.0837 e. The van der Waals surface area contributed by atoms with Crippen LogP contribution in [0.4, 0.5) is 0 Å². The maximum atomic E-state index is 5.91. The van der Waals surface area contributed by atoms with E-state index in [1.165, 1.54) is 0 Å². The van der Waals surface area contributed by atoms with Gasteiger partial charge in [-0.25, -0.2) is 0 Å². The van der Waals surface area contributed by atoms with Crippen LogP contribution in [0.5, 0.6) is 0 Å². The summed E-state index contributed by atoms with van der Waals surface area (Å²) in [7, 11) is 0. The minimum atomic E-state index is 0.667. The van der Waals surface area contributed by atoms with Crippen LogP contribution in [0.15, 0.2) is 6.07 Å². The molecule has 0 spiro atoms. The summed E-state index contributed by atoms with van der Waals surface area (Å²) in [6.07, 6.45) is 0. The van der Waals surface area contributed by atoms with Gasteiger partial charge in [0.15, 0.2) is 0 Å². The Morgan fingerprint density at radius 2 is 1.45 bits per heavy atom. The summed E-state index contributed by atoms with van der Waals surface area (Å²) in [6.45, 7) is 7.67. The van der Waals surface area contributed by atoms with E-state index in [2.05, 4.69) is 6.92 Å². The molecule has 1 rings (SSSR count). The summed E-state index contributed by atoms with van der Waals surface area (Å²) >= 11 is 11.8. The summed E-state index contributed by atoms with van der Waals surface area (Å²) < 4.78 is 0. The smallest absolute Gasteiger partial charge is 0.0482 e. The highest BCUT2D eigenvalue weighted by atomic mass is 35.5. The number of hydrogen-bond acceptors (Lipinski definition) is 0. The quantitative estimate of drug-likeness (QED) is 0.580. The molecule has 0 heterocycles. The van der Waals surface area contributed by atoms with E-state index in [1.807, 2.05) is 19.9 Å². The SMILES string of the molecule is [CH2]c1c(Cl)c(C)cc(C)c1Cl. The van der Waals surface area contributed by atoms with Gasteiger partial charge in [-0.1, -0.05) is 29.3 Å². The summed E-state index contributed by atoms with van der Waals surface area (Å²) in [5.74, 6) is 0. The van der Waals surface area contributed by atoms with Crippen LogP contribution in [0.1, 0.15) is 16.7 Å². The van der Waals surface area contributed by atoms with Crippen LogP contribution >= 0.6 is 23.2 Å². The Kier molecular flexibility index (Phi) is 2.46. The maximum Gasteiger partial charge on any atom is 0.0482 e. The first-order valence-corrected chi connectivity index (χ1v) is 4.06. The summed E-state index contributed by atoms with van der Waals surface area (Å²) in [5.41, 5.74) is 2.78. The first-order chi connectivity index (χ1) is 5.04. The fourth-order valence-electron chi connectivity index (χ4n) is 1.02. The Balaban J connectivity index is 3.46. The van der Waals surface area contributed by atoms with Gasteiger partial charge in [0.05, 0.1) is 0 Å². The highest BCUT2D eigenvalue weighted by molar-refractivity contribution is 6.37. The zero-order valence-electron chi connectivity index (χ0n) is 6.54. The first-order valence-electron chi connectivity index (χ1n) is 3.31. The normalized spacial score (nSPS) is 10.3. The highest BCUT2D eigenvalue weighted by Gasteiger charge is 2.06. The van der Waals surface area contributed by atoms with Crippen LogP contribution < -0.4 is 0 Å². The van der Waals surface area contributed by atoms with Gasteiger partial charge in [-0.15, -0.1) is 0 Å². The average molecular weight is 188 g/mol. The Labute approximate surface area is 77.1 Å². The molecule has 0 atom stereocenters. The van der Waals surface area contributed by atoms with Crippen LogP contribution in [-0.2, 0) is 0 Å². The molecule has 0 bridgehead atoms. The number of rotatable bonds is 0. The third-order valence-electron chi connectivity index (χ3n) is 1.66. The Morgan fingerprint density at radius 3 is 1.82 bits per heavy atom. The summed E-state index contributed by atoms with van der Waals surface area (Å²) in [4.78, 5) is 0. The molecular formula is C9H9Cl2. The van der Waals surface area contributed by atoms with Crippen LogP contribution in [0.25, 0.3) is 0 Å². The van der Waals surface area contributed by atoms with Gasteiger partial charge in [0.1, 0.15) is 0 Å². The number of hydrogen-bond donors (Lipinski definition) is 0. The topological polar surface area (TPSA) is 0 Å². The Hall–Kier alpha value is -0.200. The third kappa shape index (κ3) is 1.52. The van der Waals surface area contributed by atoms with E-state index < -0.39 is 0 Å². The van der Waals surface area contributed by atoms with Crippen LogP contribution in [0, 0.1) is 20.8 Å². The molecule has 0 saturated carbocycles. The predicted octanol–water partition coefficient (Wildman–Crippen LogP) is 3.79. The van der Waals surface area contributed by atoms with Crippen molar-refractivity contribution in [1.29, 1.82) is 0 Å². The molecule has 59 valence electrons. The summed E-state index contributed by atoms with van der Waals surface area (Å²) in [6, 6.07) is 1.96. The lowest BCUT2D eigenvalue weighted by atomic mass is 10.1. The van der Waals surface area contributed by atoms with Crippen molar-refractivity contribution in [3.8, 4) is 0 Å². The lowest BCUT2D eigenvalue weighted by Gasteiger charge is -2.06. The minimum Gasteiger partial charge on any atom is -0.0837 e. The van der Waals surface area contributed by atoms with E-state index in [0.29, 0.717) is 10.0 Å². The Bertz CT molecular complexity index is 264. The van der Waals surface area contributed by atoms with E-state index in [-0.39, 0.29) is 0 Å². The molecule has 0 aliphatic rings. The maximum absolute atomic E-state index is 5.91. The van der Waals surface area contributed by atoms with Crippen molar-refractivity contribution in [3.63, 3.8) is 0 Å². The van der Waals surface area contributed by atoms with Crippen LogP contribution in [-0.4, -0.2) is 0 Å². The van der Waals surface area contributed by atoms with Crippen molar-refractivity contribution < 1.29 is 0 Å². The van der Waals surface area contributed by atoms with E-state index >= 15 is 0 Å². The first kappa shape index (κ1) is 8.89. The van der Waals surface area contributed by atoms with Crippen LogP contribution in [0.2, 0.25) is 10.0 Å². The second-order valence-corrected chi connectivity index (χ2v) is 3.37. The molecule has 1 aromatic rings. The van der Waals surface area contributed by atoms with Crippen molar-refractivity contribution in [2.24, 2.45) is 0 Å². The van der Waals surface area contributed by atoms with E-state index in [0.717, 1.165) is 16.7 Å². The van der Waals surface area contributed by atoms with Crippen molar-refractivity contribution in [2.45, 2.75) is 13.8 Å². The molecule has 11 heavy (non-hydrogen) atoms. The molecule has 0 nitrogen and oxygen atoms in total. The molecule has 2 heteroatoms. The highest BCUT2D eigenvalue weighted by Crippen LogP contribution is 2.29. The van der Waals surface area contributed by atoms with Crippen molar-refractivity contribution >= 4 is 23.2 Å². The van der Waals surface area contributed by atoms with E-state index in [9.17, 15) is 0 Å². The monoisotopic (exact) mass is 187 g/mol. The van der Waals surface area contributed by atoms with Gasteiger partial charge in [-0.05, 0) is 37.5 Å². The molecule has 0 unspecified atom stereocenters. The lowest BCUT2D eigenvalue weighted by Crippen LogP contribution is -1.86. The zero-order valence-corrected chi connectivity index (χ0v) is 8.05. The fraction of sp³-hybridized carbons (Fsp3) is 0.222. The van der Waals surface area contributed by atoms with Gasteiger partial charge in [0.2, 0.25) is 0 Å². The van der Waals surface area contributed by atoms with Gasteiger partial charge in [-0.2, -0.15) is 0 Å². The molecule has 0 N–H and O–H groups in total. The molecule has 0 amide bonds. The van der Waals surface area contributed by atoms with Gasteiger partial charge in [0, 0.05) is 10.0 Å². The molecule has 0 aliphatic heterocycles. The lowest BCUT2D eigenvalue weighted by molar-refractivity contribution is 1.36. The van der Waals surface area contributed by atoms with Gasteiger partial charge >= 0.3 is 0 Å². The number of aryl methyl sites for hydroxylation is 2. The molecule has 1 aromatic carbocycles. The number of benzene rings is 1. The fourth-order valence-corrected chi connectivity index (χ4v) is 1.37. The molecule has 1 radical (unpaired) electrons. The molecular weight excluding hydrogens is 179 g/mol. The van der Waals surface area contributed by atoms with Crippen molar-refractivity contribution in [3.05, 3.63) is 39.7 Å². The second-order valence-electron chi connectivity index (χ2n) is 2.62. The van der Waals surface area contributed by atoms with Crippen LogP contribution in [0.3, 0.4) is 0 Å².